The molecule has 0 radical (unpaired) electrons. The Balaban J connectivity index is 2.41. The fraction of sp³-hybridized carbons (Fsp3) is 0.571. The van der Waals surface area contributed by atoms with E-state index in [2.05, 4.69) is 44.3 Å². The van der Waals surface area contributed by atoms with E-state index in [0.29, 0.717) is 45.7 Å². The molecule has 0 heterocycles. The van der Waals surface area contributed by atoms with Crippen LogP contribution in [0.3, 0.4) is 0 Å². The number of nitrogens with one attached hydrogen (secondary N) is 1. The second-order valence-electron chi connectivity index (χ2n) is 14.2. The van der Waals surface area contributed by atoms with Gasteiger partial charge in [-0.05, 0) is 90.9 Å². The van der Waals surface area contributed by atoms with Crippen LogP contribution in [0.25, 0.3) is 0 Å². The van der Waals surface area contributed by atoms with Gasteiger partial charge in [0.1, 0.15) is 23.7 Å². The summed E-state index contributed by atoms with van der Waals surface area (Å²) in [6.45, 7) is 23.8. The monoisotopic (exact) mass is 692 g/mol. The van der Waals surface area contributed by atoms with Gasteiger partial charge in [-0.2, -0.15) is 0 Å². The molecule has 0 aromatic heterocycles. The molecular formula is C35H53ClN2O8Si. The van der Waals surface area contributed by atoms with E-state index in [1.54, 1.807) is 84.9 Å². The van der Waals surface area contributed by atoms with Crippen LogP contribution >= 0.6 is 11.6 Å². The standard InChI is InChI=1S/C35H53ClN2O8Si/c1-14-42-31(39)30(28-16-15-25(36)21-29(28)43-17-18-44-47(12,13)34(6,7)8)37-26-19-24(20-27(22-26)41-11)23(2)38-46-35(9,10)32(40)45-33(3,4)5/h15-16,19-22,30,37H,14,17-18H2,1-13H3. The highest BCUT2D eigenvalue weighted by Gasteiger charge is 2.37. The van der Waals surface area contributed by atoms with Crippen molar-refractivity contribution in [3.63, 3.8) is 0 Å². The first kappa shape index (κ1) is 39.9. The molecule has 0 spiro atoms. The Bertz CT molecular complexity index is 1410. The van der Waals surface area contributed by atoms with E-state index < -0.39 is 37.5 Å². The molecule has 2 aromatic rings. The third kappa shape index (κ3) is 12.0. The van der Waals surface area contributed by atoms with Crippen molar-refractivity contribution in [1.82, 2.24) is 0 Å². The zero-order valence-electron chi connectivity index (χ0n) is 30.3. The molecule has 2 rings (SSSR count). The molecule has 0 aliphatic rings. The Kier molecular flexibility index (Phi) is 13.8. The fourth-order valence-corrected chi connectivity index (χ4v) is 5.06. The maximum absolute atomic E-state index is 13.4. The summed E-state index contributed by atoms with van der Waals surface area (Å²) in [4.78, 5) is 31.7. The second-order valence-corrected chi connectivity index (χ2v) is 19.4. The van der Waals surface area contributed by atoms with Gasteiger partial charge in [0.05, 0.1) is 26.0 Å². The molecule has 0 saturated carbocycles. The first-order chi connectivity index (χ1) is 21.6. The van der Waals surface area contributed by atoms with E-state index in [1.165, 1.54) is 7.11 Å². The molecule has 2 aromatic carbocycles. The summed E-state index contributed by atoms with van der Waals surface area (Å²) in [5.41, 5.74) is 0.174. The number of carbonyl (C=O) groups is 2. The van der Waals surface area contributed by atoms with Crippen molar-refractivity contribution in [2.24, 2.45) is 5.16 Å². The minimum atomic E-state index is -1.97. The molecule has 1 N–H and O–H groups in total. The lowest BCUT2D eigenvalue weighted by Crippen LogP contribution is -2.41. The number of hydrogen-bond donors (Lipinski definition) is 1. The average Bonchev–Trinajstić information content (AvgIpc) is 2.95. The lowest BCUT2D eigenvalue weighted by atomic mass is 10.0. The average molecular weight is 693 g/mol. The maximum atomic E-state index is 13.4. The zero-order valence-corrected chi connectivity index (χ0v) is 32.0. The van der Waals surface area contributed by atoms with Crippen molar-refractivity contribution in [2.75, 3.05) is 32.2 Å². The normalized spacial score (nSPS) is 13.4. The molecule has 12 heteroatoms. The minimum Gasteiger partial charge on any atom is -0.497 e. The number of ether oxygens (including phenoxy) is 4. The van der Waals surface area contributed by atoms with Crippen LogP contribution in [0.4, 0.5) is 5.69 Å². The fourth-order valence-electron chi connectivity index (χ4n) is 3.88. The van der Waals surface area contributed by atoms with Crippen molar-refractivity contribution >= 4 is 43.3 Å². The summed E-state index contributed by atoms with van der Waals surface area (Å²) in [5.74, 6) is -0.113. The van der Waals surface area contributed by atoms with E-state index >= 15 is 0 Å². The Hall–Kier alpha value is -3.28. The van der Waals surface area contributed by atoms with Gasteiger partial charge < -0.3 is 33.5 Å². The summed E-state index contributed by atoms with van der Waals surface area (Å²) in [7, 11) is -0.432. The highest BCUT2D eigenvalue weighted by Crippen LogP contribution is 2.37. The van der Waals surface area contributed by atoms with Gasteiger partial charge in [0.25, 0.3) is 0 Å². The molecule has 10 nitrogen and oxygen atoms in total. The molecule has 0 aliphatic heterocycles. The lowest BCUT2D eigenvalue weighted by Gasteiger charge is -2.36. The van der Waals surface area contributed by atoms with Crippen LogP contribution in [-0.4, -0.2) is 64.1 Å². The van der Waals surface area contributed by atoms with Gasteiger partial charge in [-0.25, -0.2) is 9.59 Å². The molecular weight excluding hydrogens is 640 g/mol. The lowest BCUT2D eigenvalue weighted by molar-refractivity contribution is -0.179. The number of rotatable bonds is 15. The van der Waals surface area contributed by atoms with Crippen LogP contribution < -0.4 is 14.8 Å². The zero-order chi connectivity index (χ0) is 35.8. The van der Waals surface area contributed by atoms with Crippen molar-refractivity contribution in [1.29, 1.82) is 0 Å². The number of hydrogen-bond acceptors (Lipinski definition) is 10. The molecule has 0 bridgehead atoms. The van der Waals surface area contributed by atoms with Gasteiger partial charge in [-0.3, -0.25) is 0 Å². The molecule has 262 valence electrons. The van der Waals surface area contributed by atoms with Crippen molar-refractivity contribution in [3.05, 3.63) is 52.5 Å². The molecule has 47 heavy (non-hydrogen) atoms. The Morgan fingerprint density at radius 2 is 1.64 bits per heavy atom. The van der Waals surface area contributed by atoms with Gasteiger partial charge >= 0.3 is 11.9 Å². The molecule has 0 fully saturated rings. The van der Waals surface area contributed by atoms with Gasteiger partial charge in [-0.15, -0.1) is 0 Å². The summed E-state index contributed by atoms with van der Waals surface area (Å²) < 4.78 is 28.9. The number of oxime groups is 1. The molecule has 1 atom stereocenters. The predicted molar refractivity (Wildman–Crippen MR) is 189 cm³/mol. The van der Waals surface area contributed by atoms with E-state index in [9.17, 15) is 9.59 Å². The highest BCUT2D eigenvalue weighted by atomic mass is 35.5. The number of anilines is 1. The summed E-state index contributed by atoms with van der Waals surface area (Å²) >= 11 is 6.36. The number of esters is 2. The maximum Gasteiger partial charge on any atom is 0.353 e. The Labute approximate surface area is 286 Å². The number of methoxy groups -OCH3 is 1. The molecule has 1 unspecified atom stereocenters. The van der Waals surface area contributed by atoms with Crippen molar-refractivity contribution in [3.8, 4) is 11.5 Å². The first-order valence-electron chi connectivity index (χ1n) is 15.7. The third-order valence-corrected chi connectivity index (χ3v) is 12.4. The third-order valence-electron chi connectivity index (χ3n) is 7.59. The van der Waals surface area contributed by atoms with Crippen LogP contribution in [0.1, 0.15) is 86.4 Å². The number of nitrogens with zero attached hydrogens (tertiary/aromatic N) is 1. The summed E-state index contributed by atoms with van der Waals surface area (Å²) in [5, 5.41) is 8.04. The van der Waals surface area contributed by atoms with Crippen LogP contribution in [-0.2, 0) is 28.3 Å². The second kappa shape index (κ2) is 16.2. The predicted octanol–water partition coefficient (Wildman–Crippen LogP) is 8.33. The number of benzene rings is 2. The van der Waals surface area contributed by atoms with E-state index in [4.69, 9.17) is 39.8 Å². The van der Waals surface area contributed by atoms with Crippen molar-refractivity contribution in [2.45, 2.75) is 105 Å². The Morgan fingerprint density at radius 1 is 0.979 bits per heavy atom. The SMILES string of the molecule is CCOC(=O)C(Nc1cc(OC)cc(C(C)=NOC(C)(C)C(=O)OC(C)(C)C)c1)c1ccc(Cl)cc1OCCO[Si](C)(C)C(C)(C)C. The summed E-state index contributed by atoms with van der Waals surface area (Å²) in [6, 6.07) is 9.46. The molecule has 0 saturated heterocycles. The van der Waals surface area contributed by atoms with Gasteiger partial charge in [-0.1, -0.05) is 43.6 Å². The van der Waals surface area contributed by atoms with Gasteiger partial charge in [0.15, 0.2) is 14.4 Å². The smallest absolute Gasteiger partial charge is 0.353 e. The van der Waals surface area contributed by atoms with E-state index in [0.717, 1.165) is 0 Å². The van der Waals surface area contributed by atoms with Gasteiger partial charge in [0.2, 0.25) is 5.60 Å². The number of carbonyl (C=O) groups excluding carboxylic acids is 2. The summed E-state index contributed by atoms with van der Waals surface area (Å²) in [6.07, 6.45) is 0. The largest absolute Gasteiger partial charge is 0.497 e. The van der Waals surface area contributed by atoms with E-state index in [-0.39, 0.29) is 18.3 Å². The van der Waals surface area contributed by atoms with Crippen molar-refractivity contribution < 1.29 is 37.8 Å². The van der Waals surface area contributed by atoms with Crippen LogP contribution in [0.5, 0.6) is 11.5 Å². The Morgan fingerprint density at radius 3 is 2.21 bits per heavy atom. The van der Waals surface area contributed by atoms with Crippen LogP contribution in [0, 0.1) is 0 Å². The first-order valence-corrected chi connectivity index (χ1v) is 19.0. The topological polar surface area (TPSA) is 114 Å². The van der Waals surface area contributed by atoms with Crippen LogP contribution in [0.15, 0.2) is 41.6 Å². The quantitative estimate of drug-likeness (QED) is 0.0647. The highest BCUT2D eigenvalue weighted by molar-refractivity contribution is 6.74. The van der Waals surface area contributed by atoms with E-state index in [1.807, 2.05) is 0 Å². The molecule has 0 amide bonds. The number of halogens is 1. The minimum absolute atomic E-state index is 0.0617. The molecule has 0 aliphatic carbocycles. The van der Waals surface area contributed by atoms with Gasteiger partial charge in [0, 0.05) is 27.9 Å². The van der Waals surface area contributed by atoms with Crippen LogP contribution in [0.2, 0.25) is 23.2 Å².